The third-order valence-corrected chi connectivity index (χ3v) is 6.74. The van der Waals surface area contributed by atoms with E-state index < -0.39 is 5.97 Å². The van der Waals surface area contributed by atoms with E-state index in [-0.39, 0.29) is 43.3 Å². The number of carboxylic acids is 1. The number of carbonyl (C=O) groups is 5. The van der Waals surface area contributed by atoms with Gasteiger partial charge >= 0.3 is 5.97 Å². The van der Waals surface area contributed by atoms with Gasteiger partial charge in [0.05, 0.1) is 33.0 Å². The van der Waals surface area contributed by atoms with Gasteiger partial charge in [-0.1, -0.05) is 58.3 Å². The summed E-state index contributed by atoms with van der Waals surface area (Å²) in [6.45, 7) is 5.17. The van der Waals surface area contributed by atoms with E-state index in [9.17, 15) is 24.0 Å². The summed E-state index contributed by atoms with van der Waals surface area (Å²) in [4.78, 5) is 57.4. The van der Waals surface area contributed by atoms with E-state index in [4.69, 9.17) is 19.3 Å². The van der Waals surface area contributed by atoms with Gasteiger partial charge in [0, 0.05) is 51.9 Å². The normalized spacial score (nSPS) is 10.8. The third kappa shape index (κ3) is 34.0. The Morgan fingerprint density at radius 3 is 1.38 bits per heavy atom. The Morgan fingerprint density at radius 2 is 0.844 bits per heavy atom. The molecule has 0 unspecified atom stereocenters. The molecule has 13 heteroatoms. The Labute approximate surface area is 269 Å². The lowest BCUT2D eigenvalue weighted by atomic mass is 10.1. The lowest BCUT2D eigenvalue weighted by Gasteiger charge is -2.09. The van der Waals surface area contributed by atoms with Gasteiger partial charge in [-0.25, -0.2) is 0 Å². The SMILES string of the molecule is CCCC(=O)NCCOCCNC(=O)COCCOCCNC(=O)CCCNC(=O)CCCCCCCCCCCCC(=O)O. The second kappa shape index (κ2) is 32.6. The van der Waals surface area contributed by atoms with Crippen molar-refractivity contribution in [2.75, 3.05) is 65.8 Å². The minimum Gasteiger partial charge on any atom is -0.481 e. The van der Waals surface area contributed by atoms with Crippen LogP contribution in [-0.4, -0.2) is 101 Å². The Morgan fingerprint density at radius 1 is 0.444 bits per heavy atom. The Balaban J connectivity index is 3.38. The van der Waals surface area contributed by atoms with Crippen LogP contribution in [0.15, 0.2) is 0 Å². The molecule has 0 rings (SSSR count). The predicted octanol–water partition coefficient (Wildman–Crippen LogP) is 2.85. The molecule has 0 heterocycles. The first-order valence-electron chi connectivity index (χ1n) is 16.9. The molecule has 45 heavy (non-hydrogen) atoms. The van der Waals surface area contributed by atoms with E-state index >= 15 is 0 Å². The van der Waals surface area contributed by atoms with Crippen LogP contribution in [0, 0.1) is 0 Å². The molecular weight excluding hydrogens is 584 g/mol. The molecular formula is C32H60N4O9. The molecule has 0 saturated carbocycles. The lowest BCUT2D eigenvalue weighted by Crippen LogP contribution is -2.32. The van der Waals surface area contributed by atoms with Crippen molar-refractivity contribution >= 4 is 29.6 Å². The Bertz CT molecular complexity index is 784. The largest absolute Gasteiger partial charge is 0.481 e. The van der Waals surface area contributed by atoms with E-state index in [0.717, 1.165) is 51.4 Å². The average Bonchev–Trinajstić information content (AvgIpc) is 3.00. The van der Waals surface area contributed by atoms with Crippen LogP contribution < -0.4 is 21.3 Å². The van der Waals surface area contributed by atoms with Crippen LogP contribution in [0.1, 0.15) is 110 Å². The second-order valence-electron chi connectivity index (χ2n) is 11.0. The highest BCUT2D eigenvalue weighted by Crippen LogP contribution is 2.12. The van der Waals surface area contributed by atoms with E-state index in [1.165, 1.54) is 19.3 Å². The van der Waals surface area contributed by atoms with Crippen LogP contribution in [0.5, 0.6) is 0 Å². The van der Waals surface area contributed by atoms with Gasteiger partial charge in [-0.15, -0.1) is 0 Å². The van der Waals surface area contributed by atoms with Crippen LogP contribution in [-0.2, 0) is 38.2 Å². The van der Waals surface area contributed by atoms with Crippen molar-refractivity contribution in [3.05, 3.63) is 0 Å². The fourth-order valence-electron chi connectivity index (χ4n) is 4.27. The number of rotatable bonds is 33. The van der Waals surface area contributed by atoms with Crippen LogP contribution in [0.2, 0.25) is 0 Å². The molecule has 0 radical (unpaired) electrons. The van der Waals surface area contributed by atoms with Crippen LogP contribution in [0.4, 0.5) is 0 Å². The minimum atomic E-state index is -0.714. The summed E-state index contributed by atoms with van der Waals surface area (Å²) in [5, 5.41) is 19.7. The quantitative estimate of drug-likeness (QED) is 0.0671. The van der Waals surface area contributed by atoms with Crippen molar-refractivity contribution in [2.24, 2.45) is 0 Å². The average molecular weight is 645 g/mol. The first-order valence-corrected chi connectivity index (χ1v) is 16.9. The molecule has 0 aromatic rings. The van der Waals surface area contributed by atoms with Crippen molar-refractivity contribution in [1.82, 2.24) is 21.3 Å². The predicted molar refractivity (Wildman–Crippen MR) is 172 cm³/mol. The molecule has 13 nitrogen and oxygen atoms in total. The first-order chi connectivity index (χ1) is 21.8. The van der Waals surface area contributed by atoms with Gasteiger partial charge in [0.2, 0.25) is 23.6 Å². The molecule has 0 aromatic carbocycles. The van der Waals surface area contributed by atoms with Crippen molar-refractivity contribution in [2.45, 2.75) is 110 Å². The van der Waals surface area contributed by atoms with E-state index in [2.05, 4.69) is 21.3 Å². The van der Waals surface area contributed by atoms with Gasteiger partial charge in [-0.05, 0) is 25.7 Å². The van der Waals surface area contributed by atoms with Crippen molar-refractivity contribution < 1.29 is 43.3 Å². The van der Waals surface area contributed by atoms with Gasteiger partial charge in [0.15, 0.2) is 0 Å². The van der Waals surface area contributed by atoms with Crippen molar-refractivity contribution in [3.8, 4) is 0 Å². The molecule has 4 amide bonds. The second-order valence-corrected chi connectivity index (χ2v) is 11.0. The summed E-state index contributed by atoms with van der Waals surface area (Å²) < 4.78 is 16.0. The standard InChI is InChI=1S/C32H60N4O9/c1-2-14-28(37)34-19-22-43-23-21-36-31(40)27-45-26-25-44-24-20-35-30(39)16-13-18-33-29(38)15-11-9-7-5-3-4-6-8-10-12-17-32(41)42/h2-27H2,1H3,(H,33,38)(H,34,37)(H,35,39)(H,36,40)(H,41,42). The first kappa shape index (κ1) is 42.2. The van der Waals surface area contributed by atoms with Crippen LogP contribution >= 0.6 is 0 Å². The smallest absolute Gasteiger partial charge is 0.303 e. The zero-order chi connectivity index (χ0) is 33.2. The molecule has 0 aromatic heterocycles. The molecule has 0 spiro atoms. The van der Waals surface area contributed by atoms with Gasteiger partial charge in [-0.3, -0.25) is 24.0 Å². The zero-order valence-electron chi connectivity index (χ0n) is 27.6. The number of amides is 4. The number of aliphatic carboxylic acids is 1. The molecule has 0 aliphatic rings. The highest BCUT2D eigenvalue weighted by molar-refractivity contribution is 5.77. The molecule has 0 aliphatic carbocycles. The Kier molecular flexibility index (Phi) is 30.6. The highest BCUT2D eigenvalue weighted by atomic mass is 16.5. The van der Waals surface area contributed by atoms with E-state index in [1.807, 2.05) is 6.92 Å². The summed E-state index contributed by atoms with van der Waals surface area (Å²) in [5.41, 5.74) is 0. The van der Waals surface area contributed by atoms with E-state index in [1.54, 1.807) is 0 Å². The molecule has 0 atom stereocenters. The third-order valence-electron chi connectivity index (χ3n) is 6.74. The summed E-state index contributed by atoms with van der Waals surface area (Å²) in [6, 6.07) is 0. The number of hydrogen-bond acceptors (Lipinski definition) is 8. The maximum atomic E-state index is 12.0. The molecule has 0 aliphatic heterocycles. The summed E-state index contributed by atoms with van der Waals surface area (Å²) in [5.74, 6) is -1.02. The lowest BCUT2D eigenvalue weighted by molar-refractivity contribution is -0.137. The monoisotopic (exact) mass is 644 g/mol. The van der Waals surface area contributed by atoms with Crippen molar-refractivity contribution in [1.29, 1.82) is 0 Å². The maximum Gasteiger partial charge on any atom is 0.303 e. The fraction of sp³-hybridized carbons (Fsp3) is 0.844. The fourth-order valence-corrected chi connectivity index (χ4v) is 4.27. The van der Waals surface area contributed by atoms with Crippen LogP contribution in [0.25, 0.3) is 0 Å². The minimum absolute atomic E-state index is 0.0103. The highest BCUT2D eigenvalue weighted by Gasteiger charge is 2.05. The van der Waals surface area contributed by atoms with Crippen LogP contribution in [0.3, 0.4) is 0 Å². The molecule has 0 saturated heterocycles. The van der Waals surface area contributed by atoms with Crippen molar-refractivity contribution in [3.63, 3.8) is 0 Å². The number of ether oxygens (including phenoxy) is 3. The molecule has 5 N–H and O–H groups in total. The molecule has 0 bridgehead atoms. The topological polar surface area (TPSA) is 181 Å². The van der Waals surface area contributed by atoms with Gasteiger partial charge < -0.3 is 40.6 Å². The number of carbonyl (C=O) groups excluding carboxylic acids is 4. The number of hydrogen-bond donors (Lipinski definition) is 5. The van der Waals surface area contributed by atoms with Gasteiger partial charge in [0.1, 0.15) is 6.61 Å². The summed E-state index contributed by atoms with van der Waals surface area (Å²) in [7, 11) is 0. The van der Waals surface area contributed by atoms with Gasteiger partial charge in [0.25, 0.3) is 0 Å². The summed E-state index contributed by atoms with van der Waals surface area (Å²) >= 11 is 0. The number of carboxylic acid groups (broad SMARTS) is 1. The molecule has 0 fully saturated rings. The molecule has 262 valence electrons. The van der Waals surface area contributed by atoms with Gasteiger partial charge in [-0.2, -0.15) is 0 Å². The zero-order valence-corrected chi connectivity index (χ0v) is 27.6. The Hall–Kier alpha value is -2.77. The maximum absolute atomic E-state index is 12.0. The number of nitrogens with one attached hydrogen (secondary N) is 4. The number of unbranched alkanes of at least 4 members (excludes halogenated alkanes) is 9. The summed E-state index contributed by atoms with van der Waals surface area (Å²) in [6.07, 6.45) is 13.6. The van der Waals surface area contributed by atoms with E-state index in [0.29, 0.717) is 78.3 Å².